The van der Waals surface area contributed by atoms with Crippen LogP contribution in [-0.2, 0) is 9.59 Å². The normalized spacial score (nSPS) is 17.1. The molecule has 1 saturated heterocycles. The molecule has 1 unspecified atom stereocenters. The minimum atomic E-state index is -1.01. The quantitative estimate of drug-likeness (QED) is 0.284. The summed E-state index contributed by atoms with van der Waals surface area (Å²) in [6.07, 6.45) is 0. The van der Waals surface area contributed by atoms with Crippen molar-refractivity contribution < 1.29 is 29.3 Å². The number of rotatable bonds is 5. The Hall–Kier alpha value is -3.97. The van der Waals surface area contributed by atoms with Crippen molar-refractivity contribution in [1.29, 1.82) is 0 Å². The van der Waals surface area contributed by atoms with E-state index in [1.807, 2.05) is 26.0 Å². The number of phenolic OH excluding ortho intramolecular Hbond substituents is 1. The SMILES string of the molecule is COc1cc(/C(O)=C2\C(=O)C(=O)N(c3cc(C)ccc3O)C2c2cccc(C)c2)c(OC)cc1Cl. The molecule has 0 radical (unpaired) electrons. The Morgan fingerprint density at radius 1 is 0.943 bits per heavy atom. The molecule has 35 heavy (non-hydrogen) atoms. The van der Waals surface area contributed by atoms with Crippen LogP contribution in [0.2, 0.25) is 5.02 Å². The Kier molecular flexibility index (Phi) is 6.45. The number of amides is 1. The number of Topliss-reactive ketones (excluding diaryl/α,β-unsaturated/α-hetero) is 1. The maximum Gasteiger partial charge on any atom is 0.300 e. The molecule has 180 valence electrons. The molecule has 1 heterocycles. The van der Waals surface area contributed by atoms with E-state index in [2.05, 4.69) is 0 Å². The number of aliphatic hydroxyl groups excluding tert-OH is 1. The van der Waals surface area contributed by atoms with Crippen LogP contribution in [0.4, 0.5) is 5.69 Å². The van der Waals surface area contributed by atoms with Gasteiger partial charge in [0.2, 0.25) is 0 Å². The predicted molar refractivity (Wildman–Crippen MR) is 133 cm³/mol. The Morgan fingerprint density at radius 3 is 2.29 bits per heavy atom. The maximum atomic E-state index is 13.4. The van der Waals surface area contributed by atoms with Crippen LogP contribution in [0.1, 0.15) is 28.3 Å². The molecular formula is C27H24ClNO6. The fourth-order valence-corrected chi connectivity index (χ4v) is 4.48. The summed E-state index contributed by atoms with van der Waals surface area (Å²) < 4.78 is 10.7. The van der Waals surface area contributed by atoms with Crippen LogP contribution >= 0.6 is 11.6 Å². The number of hydrogen-bond donors (Lipinski definition) is 2. The third-order valence-corrected chi connectivity index (χ3v) is 6.22. The van der Waals surface area contributed by atoms with E-state index in [1.54, 1.807) is 24.3 Å². The van der Waals surface area contributed by atoms with E-state index in [4.69, 9.17) is 21.1 Å². The van der Waals surface area contributed by atoms with Crippen molar-refractivity contribution in [3.05, 3.63) is 87.4 Å². The molecule has 7 nitrogen and oxygen atoms in total. The Morgan fingerprint density at radius 2 is 1.63 bits per heavy atom. The highest BCUT2D eigenvalue weighted by Gasteiger charge is 2.48. The van der Waals surface area contributed by atoms with E-state index in [-0.39, 0.29) is 39.1 Å². The molecule has 0 saturated carbocycles. The average molecular weight is 494 g/mol. The van der Waals surface area contributed by atoms with Gasteiger partial charge in [0, 0.05) is 6.07 Å². The summed E-state index contributed by atoms with van der Waals surface area (Å²) in [5, 5.41) is 22.3. The zero-order chi connectivity index (χ0) is 25.4. The summed E-state index contributed by atoms with van der Waals surface area (Å²) in [7, 11) is 2.82. The summed E-state index contributed by atoms with van der Waals surface area (Å²) >= 11 is 6.21. The first kappa shape index (κ1) is 24.2. The molecule has 8 heteroatoms. The maximum absolute atomic E-state index is 13.4. The van der Waals surface area contributed by atoms with Crippen molar-refractivity contribution in [2.24, 2.45) is 0 Å². The van der Waals surface area contributed by atoms with Crippen molar-refractivity contribution in [2.45, 2.75) is 19.9 Å². The number of aromatic hydroxyl groups is 1. The second-order valence-corrected chi connectivity index (χ2v) is 8.67. The monoisotopic (exact) mass is 493 g/mol. The van der Waals surface area contributed by atoms with Crippen LogP contribution in [0, 0.1) is 13.8 Å². The van der Waals surface area contributed by atoms with Gasteiger partial charge in [0.1, 0.15) is 23.0 Å². The average Bonchev–Trinajstić information content (AvgIpc) is 3.10. The van der Waals surface area contributed by atoms with E-state index < -0.39 is 23.5 Å². The number of anilines is 1. The lowest BCUT2D eigenvalue weighted by Gasteiger charge is -2.26. The van der Waals surface area contributed by atoms with E-state index in [1.165, 1.54) is 37.3 Å². The van der Waals surface area contributed by atoms with E-state index in [9.17, 15) is 19.8 Å². The zero-order valence-electron chi connectivity index (χ0n) is 19.6. The number of benzene rings is 3. The number of aliphatic hydroxyl groups is 1. The number of carbonyl (C=O) groups is 2. The standard InChI is InChI=1S/C27H24ClNO6/c1-14-6-5-7-16(10-14)24-23(25(31)17-12-22(35-4)18(28)13-21(17)34-3)26(32)27(33)29(24)19-11-15(2)8-9-20(19)30/h5-13,24,30-31H,1-4H3/b25-23+. The van der Waals surface area contributed by atoms with Gasteiger partial charge in [0.25, 0.3) is 11.7 Å². The first-order chi connectivity index (χ1) is 16.7. The number of carbonyl (C=O) groups excluding carboxylic acids is 2. The summed E-state index contributed by atoms with van der Waals surface area (Å²) in [4.78, 5) is 28.0. The first-order valence-corrected chi connectivity index (χ1v) is 11.1. The number of methoxy groups -OCH3 is 2. The molecular weight excluding hydrogens is 470 g/mol. The van der Waals surface area contributed by atoms with Crippen molar-refractivity contribution >= 4 is 34.7 Å². The summed E-state index contributed by atoms with van der Waals surface area (Å²) in [6, 6.07) is 13.9. The number of aryl methyl sites for hydroxylation is 2. The third kappa shape index (κ3) is 4.19. The number of halogens is 1. The van der Waals surface area contributed by atoms with Gasteiger partial charge in [-0.2, -0.15) is 0 Å². The Bertz CT molecular complexity index is 1380. The van der Waals surface area contributed by atoms with Crippen molar-refractivity contribution in [3.63, 3.8) is 0 Å². The molecule has 1 aliphatic rings. The van der Waals surface area contributed by atoms with Crippen LogP contribution in [-0.4, -0.2) is 36.1 Å². The van der Waals surface area contributed by atoms with E-state index >= 15 is 0 Å². The highest BCUT2D eigenvalue weighted by molar-refractivity contribution is 6.52. The van der Waals surface area contributed by atoms with Crippen molar-refractivity contribution in [1.82, 2.24) is 0 Å². The minimum Gasteiger partial charge on any atom is -0.507 e. The second-order valence-electron chi connectivity index (χ2n) is 8.26. The van der Waals surface area contributed by atoms with Crippen LogP contribution in [0.3, 0.4) is 0 Å². The third-order valence-electron chi connectivity index (χ3n) is 5.92. The summed E-state index contributed by atoms with van der Waals surface area (Å²) in [5.74, 6) is -1.94. The fourth-order valence-electron chi connectivity index (χ4n) is 4.25. The van der Waals surface area contributed by atoms with Gasteiger partial charge < -0.3 is 19.7 Å². The molecule has 3 aromatic rings. The van der Waals surface area contributed by atoms with Crippen molar-refractivity contribution in [2.75, 3.05) is 19.1 Å². The van der Waals surface area contributed by atoms with E-state index in [0.29, 0.717) is 5.56 Å². The molecule has 1 aliphatic heterocycles. The molecule has 4 rings (SSSR count). The lowest BCUT2D eigenvalue weighted by molar-refractivity contribution is -0.132. The van der Waals surface area contributed by atoms with E-state index in [0.717, 1.165) is 11.1 Å². The number of phenols is 1. The topological polar surface area (TPSA) is 96.3 Å². The number of nitrogens with zero attached hydrogens (tertiary/aromatic N) is 1. The zero-order valence-corrected chi connectivity index (χ0v) is 20.4. The number of hydrogen-bond acceptors (Lipinski definition) is 6. The smallest absolute Gasteiger partial charge is 0.300 e. The van der Waals surface area contributed by atoms with Crippen LogP contribution in [0.25, 0.3) is 5.76 Å². The molecule has 3 aromatic carbocycles. The summed E-state index contributed by atoms with van der Waals surface area (Å²) in [6.45, 7) is 3.69. The molecule has 0 bridgehead atoms. The Labute approximate surface area is 207 Å². The fraction of sp³-hybridized carbons (Fsp3) is 0.185. The van der Waals surface area contributed by atoms with Gasteiger partial charge in [0.05, 0.1) is 42.1 Å². The van der Waals surface area contributed by atoms with Crippen LogP contribution in [0.15, 0.2) is 60.2 Å². The van der Waals surface area contributed by atoms with Crippen LogP contribution < -0.4 is 14.4 Å². The Balaban J connectivity index is 2.04. The number of ketones is 1. The first-order valence-electron chi connectivity index (χ1n) is 10.8. The molecule has 1 atom stereocenters. The van der Waals surface area contributed by atoms with Gasteiger partial charge in [-0.15, -0.1) is 0 Å². The van der Waals surface area contributed by atoms with Gasteiger partial charge in [-0.25, -0.2) is 0 Å². The lowest BCUT2D eigenvalue weighted by Crippen LogP contribution is -2.29. The minimum absolute atomic E-state index is 0.137. The number of ether oxygens (including phenoxy) is 2. The predicted octanol–water partition coefficient (Wildman–Crippen LogP) is 5.31. The molecule has 1 amide bonds. The van der Waals surface area contributed by atoms with Crippen LogP contribution in [0.5, 0.6) is 17.2 Å². The second kappa shape index (κ2) is 9.35. The highest BCUT2D eigenvalue weighted by Crippen LogP contribution is 2.46. The van der Waals surface area contributed by atoms with Gasteiger partial charge in [-0.05, 0) is 43.2 Å². The van der Waals surface area contributed by atoms with Gasteiger partial charge in [-0.1, -0.05) is 47.5 Å². The van der Waals surface area contributed by atoms with Crippen molar-refractivity contribution in [3.8, 4) is 17.2 Å². The molecule has 1 fully saturated rings. The van der Waals surface area contributed by atoms with Gasteiger partial charge in [0.15, 0.2) is 0 Å². The summed E-state index contributed by atoms with van der Waals surface area (Å²) in [5.41, 5.74) is 2.42. The lowest BCUT2D eigenvalue weighted by atomic mass is 9.93. The van der Waals surface area contributed by atoms with Gasteiger partial charge >= 0.3 is 0 Å². The van der Waals surface area contributed by atoms with Gasteiger partial charge in [-0.3, -0.25) is 14.5 Å². The molecule has 2 N–H and O–H groups in total. The molecule has 0 aliphatic carbocycles. The largest absolute Gasteiger partial charge is 0.507 e. The molecule has 0 aromatic heterocycles. The molecule has 0 spiro atoms. The highest BCUT2D eigenvalue weighted by atomic mass is 35.5.